The Bertz CT molecular complexity index is 1330. The zero-order valence-corrected chi connectivity index (χ0v) is 19.6. The predicted molar refractivity (Wildman–Crippen MR) is 123 cm³/mol. The van der Waals surface area contributed by atoms with Crippen LogP contribution in [0.3, 0.4) is 0 Å². The third-order valence-electron chi connectivity index (χ3n) is 4.73. The summed E-state index contributed by atoms with van der Waals surface area (Å²) in [7, 11) is -3.06. The van der Waals surface area contributed by atoms with E-state index in [0.717, 1.165) is 12.7 Å². The number of phosphoric acid groups is 1. The summed E-state index contributed by atoms with van der Waals surface area (Å²) in [5.74, 6) is 1.75. The number of nitrogens with zero attached hydrogens (tertiary/aromatic N) is 3. The molecule has 1 atom stereocenters. The van der Waals surface area contributed by atoms with E-state index < -0.39 is 7.82 Å². The average Bonchev–Trinajstić information content (AvgIpc) is 3.28. The molecule has 3 N–H and O–H groups in total. The topological polar surface area (TPSA) is 134 Å². The molecule has 4 rings (SSSR count). The summed E-state index contributed by atoms with van der Waals surface area (Å²) in [6.07, 6.45) is 3.77. The van der Waals surface area contributed by atoms with E-state index in [0.29, 0.717) is 40.1 Å². The molecule has 10 nitrogen and oxygen atoms in total. The first-order chi connectivity index (χ1) is 16.3. The molecular weight excluding hydrogens is 483 g/mol. The van der Waals surface area contributed by atoms with Crippen molar-refractivity contribution in [3.05, 3.63) is 83.3 Å². The van der Waals surface area contributed by atoms with Crippen molar-refractivity contribution in [2.24, 2.45) is 0 Å². The Morgan fingerprint density at radius 3 is 2.79 bits per heavy atom. The van der Waals surface area contributed by atoms with Gasteiger partial charge < -0.3 is 14.2 Å². The van der Waals surface area contributed by atoms with E-state index in [1.807, 2.05) is 6.07 Å². The number of phosphoric ester groups is 1. The molecule has 0 fully saturated rings. The van der Waals surface area contributed by atoms with Crippen LogP contribution in [0.5, 0.6) is 11.6 Å². The Labute approximate surface area is 200 Å². The maximum atomic E-state index is 11.5. The maximum absolute atomic E-state index is 11.5. The number of nitrogen functional groups attached to an aromatic ring is 1. The Morgan fingerprint density at radius 2 is 2.06 bits per heavy atom. The fourth-order valence-electron chi connectivity index (χ4n) is 3.03. The van der Waals surface area contributed by atoms with E-state index in [1.54, 1.807) is 60.9 Å². The first-order valence-electron chi connectivity index (χ1n) is 9.98. The van der Waals surface area contributed by atoms with Crippen molar-refractivity contribution in [1.29, 1.82) is 0 Å². The van der Waals surface area contributed by atoms with E-state index in [1.165, 1.54) is 4.57 Å². The first-order valence-corrected chi connectivity index (χ1v) is 11.9. The molecule has 1 aromatic carbocycles. The number of hydrogen-bond donors (Lipinski definition) is 2. The Kier molecular flexibility index (Phi) is 7.26. The number of benzene rings is 1. The monoisotopic (exact) mass is 503 g/mol. The van der Waals surface area contributed by atoms with Crippen LogP contribution in [-0.4, -0.2) is 22.1 Å². The molecule has 4 aromatic rings. The fraction of sp³-hybridized carbons (Fsp3) is 0.136. The summed E-state index contributed by atoms with van der Waals surface area (Å²) in [6, 6.07) is 15.9. The van der Waals surface area contributed by atoms with Gasteiger partial charge in [0.15, 0.2) is 5.76 Å². The van der Waals surface area contributed by atoms with Crippen LogP contribution in [0.15, 0.2) is 71.5 Å². The second kappa shape index (κ2) is 10.3. The molecule has 0 bridgehead atoms. The molecule has 0 aliphatic rings. The van der Waals surface area contributed by atoms with E-state index in [-0.39, 0.29) is 12.5 Å². The first kappa shape index (κ1) is 23.9. The summed E-state index contributed by atoms with van der Waals surface area (Å²) in [5.41, 5.74) is 8.32. The Morgan fingerprint density at radius 1 is 1.21 bits per heavy atom. The van der Waals surface area contributed by atoms with Crippen molar-refractivity contribution >= 4 is 25.2 Å². The number of nitrogens with two attached hydrogens (primary N) is 1. The van der Waals surface area contributed by atoms with E-state index >= 15 is 0 Å². The summed E-state index contributed by atoms with van der Waals surface area (Å²) < 4.78 is 33.4. The van der Waals surface area contributed by atoms with Crippen LogP contribution in [0, 0.1) is 0 Å². The minimum absolute atomic E-state index is 0.269. The molecule has 0 aliphatic heterocycles. The normalized spacial score (nSPS) is 12.9. The van der Waals surface area contributed by atoms with Crippen molar-refractivity contribution in [1.82, 2.24) is 10.1 Å². The van der Waals surface area contributed by atoms with Gasteiger partial charge in [-0.05, 0) is 35.9 Å². The van der Waals surface area contributed by atoms with E-state index in [9.17, 15) is 9.46 Å². The number of ether oxygens (including phenoxy) is 1. The number of aromatic nitrogens is 3. The van der Waals surface area contributed by atoms with Gasteiger partial charge in [0.05, 0.1) is 11.9 Å². The molecule has 0 saturated heterocycles. The van der Waals surface area contributed by atoms with Crippen molar-refractivity contribution < 1.29 is 32.3 Å². The highest BCUT2D eigenvalue weighted by Crippen LogP contribution is 2.41. The summed E-state index contributed by atoms with van der Waals surface area (Å²) >= 11 is 5.97. The Balaban J connectivity index is 1.44. The minimum atomic E-state index is -4.14. The van der Waals surface area contributed by atoms with Crippen LogP contribution in [0.1, 0.15) is 11.3 Å². The average molecular weight is 504 g/mol. The lowest BCUT2D eigenvalue weighted by Crippen LogP contribution is -2.38. The van der Waals surface area contributed by atoms with Gasteiger partial charge in [0.25, 0.3) is 5.82 Å². The molecular formula is C22H21ClN4O6P+. The smallest absolute Gasteiger partial charge is 0.439 e. The summed E-state index contributed by atoms with van der Waals surface area (Å²) in [5, 5.41) is 4.69. The lowest BCUT2D eigenvalue weighted by atomic mass is 10.1. The molecule has 0 amide bonds. The van der Waals surface area contributed by atoms with E-state index in [2.05, 4.69) is 14.7 Å². The molecule has 176 valence electrons. The highest BCUT2D eigenvalue weighted by Gasteiger charge is 2.22. The largest absolute Gasteiger partial charge is 0.475 e. The van der Waals surface area contributed by atoms with Crippen molar-refractivity contribution in [3.63, 3.8) is 0 Å². The van der Waals surface area contributed by atoms with Crippen LogP contribution in [0.2, 0.25) is 5.02 Å². The van der Waals surface area contributed by atoms with Gasteiger partial charge in [-0.3, -0.25) is 10.3 Å². The Hall–Kier alpha value is -3.27. The zero-order valence-electron chi connectivity index (χ0n) is 18.0. The highest BCUT2D eigenvalue weighted by molar-refractivity contribution is 7.47. The summed E-state index contributed by atoms with van der Waals surface area (Å²) in [6.45, 7) is -0.280. The van der Waals surface area contributed by atoms with Crippen molar-refractivity contribution in [2.75, 3.05) is 12.8 Å². The van der Waals surface area contributed by atoms with Crippen LogP contribution >= 0.6 is 19.4 Å². The molecule has 0 radical (unpaired) electrons. The minimum Gasteiger partial charge on any atom is -0.439 e. The number of anilines is 1. The fourth-order valence-corrected chi connectivity index (χ4v) is 3.59. The summed E-state index contributed by atoms with van der Waals surface area (Å²) in [4.78, 5) is 13.7. The molecule has 1 unspecified atom stereocenters. The van der Waals surface area contributed by atoms with Crippen LogP contribution in [0.4, 0.5) is 5.82 Å². The quantitative estimate of drug-likeness (QED) is 0.252. The third-order valence-corrected chi connectivity index (χ3v) is 5.87. The van der Waals surface area contributed by atoms with Gasteiger partial charge in [-0.2, -0.15) is 0 Å². The molecule has 3 aromatic heterocycles. The van der Waals surface area contributed by atoms with Crippen LogP contribution < -0.4 is 15.0 Å². The van der Waals surface area contributed by atoms with Gasteiger partial charge in [0.1, 0.15) is 11.3 Å². The van der Waals surface area contributed by atoms with Crippen LogP contribution in [0.25, 0.3) is 11.3 Å². The van der Waals surface area contributed by atoms with Gasteiger partial charge in [0.2, 0.25) is 12.6 Å². The number of halogens is 1. The van der Waals surface area contributed by atoms with Gasteiger partial charge in [-0.25, -0.2) is 18.6 Å². The standard InChI is InChI=1S/C22H20ClN4O6P/c1-30-34(28,29)31-14-27-9-3-6-19(22(27)24)20-12-17(26-33-20)10-15-7-8-21(25-13-15)32-18-5-2-4-16(23)11-18/h2-9,11-13,24H,10,14H2,1H3,(H,28,29)/p+1. The number of pyridine rings is 2. The maximum Gasteiger partial charge on any atom is 0.475 e. The zero-order chi connectivity index (χ0) is 24.1. The van der Waals surface area contributed by atoms with Crippen molar-refractivity contribution in [3.8, 4) is 23.0 Å². The highest BCUT2D eigenvalue weighted by atomic mass is 35.5. The van der Waals surface area contributed by atoms with Crippen LogP contribution in [-0.2, 0) is 26.8 Å². The van der Waals surface area contributed by atoms with Gasteiger partial charge >= 0.3 is 7.82 Å². The third kappa shape index (κ3) is 5.99. The van der Waals surface area contributed by atoms with Gasteiger partial charge in [0, 0.05) is 36.9 Å². The molecule has 3 heterocycles. The van der Waals surface area contributed by atoms with E-state index in [4.69, 9.17) is 31.1 Å². The molecule has 0 spiro atoms. The number of rotatable bonds is 9. The molecule has 12 heteroatoms. The molecule has 34 heavy (non-hydrogen) atoms. The lowest BCUT2D eigenvalue weighted by Gasteiger charge is -2.09. The molecule has 0 saturated carbocycles. The SMILES string of the molecule is COP(=O)(O)OC[n+]1cccc(-c2cc(Cc3ccc(Oc4cccc(Cl)c4)nc3)no2)c1N. The van der Waals surface area contributed by atoms with Gasteiger partial charge in [-0.15, -0.1) is 0 Å². The molecule has 0 aliphatic carbocycles. The number of hydrogen-bond acceptors (Lipinski definition) is 8. The van der Waals surface area contributed by atoms with Crippen molar-refractivity contribution in [2.45, 2.75) is 13.2 Å². The second-order valence-electron chi connectivity index (χ2n) is 7.11. The second-order valence-corrected chi connectivity index (χ2v) is 9.11. The predicted octanol–water partition coefficient (Wildman–Crippen LogP) is 4.36. The van der Waals surface area contributed by atoms with Gasteiger partial charge in [-0.1, -0.05) is 28.9 Å². The lowest BCUT2D eigenvalue weighted by molar-refractivity contribution is -0.711.